The lowest BCUT2D eigenvalue weighted by molar-refractivity contribution is 0.555. The van der Waals surface area contributed by atoms with Gasteiger partial charge in [0, 0.05) is 14.1 Å². The summed E-state index contributed by atoms with van der Waals surface area (Å²) in [6.07, 6.45) is 0. The van der Waals surface area contributed by atoms with Gasteiger partial charge in [0.05, 0.1) is 23.1 Å². The van der Waals surface area contributed by atoms with Gasteiger partial charge in [0.2, 0.25) is 0 Å². The first-order chi connectivity index (χ1) is 8.04. The first-order valence-corrected chi connectivity index (χ1v) is 6.06. The normalized spacial score (nSPS) is 13.0. The van der Waals surface area contributed by atoms with Crippen molar-refractivity contribution in [3.63, 3.8) is 0 Å². The molecule has 17 heavy (non-hydrogen) atoms. The van der Waals surface area contributed by atoms with E-state index in [0.717, 1.165) is 21.7 Å². The van der Waals surface area contributed by atoms with Crippen molar-refractivity contribution < 1.29 is 0 Å². The smallest absolute Gasteiger partial charge is 0.153 e. The van der Waals surface area contributed by atoms with Crippen molar-refractivity contribution in [2.24, 2.45) is 14.1 Å². The molecule has 0 aliphatic carbocycles. The molecule has 6 nitrogen and oxygen atoms in total. The van der Waals surface area contributed by atoms with Gasteiger partial charge in [-0.15, -0.1) is 5.10 Å². The van der Waals surface area contributed by atoms with Gasteiger partial charge in [-0.1, -0.05) is 5.21 Å². The molecule has 1 atom stereocenters. The Labute approximate surface area is 108 Å². The van der Waals surface area contributed by atoms with Crippen LogP contribution in [0.5, 0.6) is 0 Å². The van der Waals surface area contributed by atoms with E-state index >= 15 is 0 Å². The molecule has 1 N–H and O–H groups in total. The third-order valence-corrected chi connectivity index (χ3v) is 3.29. The molecule has 0 saturated carbocycles. The van der Waals surface area contributed by atoms with Crippen molar-refractivity contribution in [2.75, 3.05) is 7.05 Å². The Morgan fingerprint density at radius 3 is 2.47 bits per heavy atom. The topological polar surface area (TPSA) is 60.6 Å². The van der Waals surface area contributed by atoms with Crippen LogP contribution in [0.15, 0.2) is 10.7 Å². The van der Waals surface area contributed by atoms with Gasteiger partial charge in [0.1, 0.15) is 0 Å². The molecule has 1 unspecified atom stereocenters. The van der Waals surface area contributed by atoms with Crippen LogP contribution in [0, 0.1) is 6.92 Å². The molecule has 0 fully saturated rings. The summed E-state index contributed by atoms with van der Waals surface area (Å²) in [6, 6.07) is 2.07. The van der Waals surface area contributed by atoms with E-state index in [9.17, 15) is 0 Å². The van der Waals surface area contributed by atoms with E-state index in [1.807, 2.05) is 32.7 Å². The summed E-state index contributed by atoms with van der Waals surface area (Å²) in [5.74, 6) is 0. The van der Waals surface area contributed by atoms with Crippen molar-refractivity contribution in [1.29, 1.82) is 0 Å². The lowest BCUT2D eigenvalue weighted by Crippen LogP contribution is -2.23. The van der Waals surface area contributed by atoms with Crippen LogP contribution in [0.3, 0.4) is 0 Å². The Morgan fingerprint density at radius 1 is 1.35 bits per heavy atom. The minimum absolute atomic E-state index is 0.00979. The second kappa shape index (κ2) is 4.58. The predicted octanol–water partition coefficient (Wildman–Crippen LogP) is 0.928. The van der Waals surface area contributed by atoms with E-state index in [-0.39, 0.29) is 6.04 Å². The minimum Gasteiger partial charge on any atom is -0.307 e. The monoisotopic (exact) mass is 298 g/mol. The van der Waals surface area contributed by atoms with Crippen LogP contribution >= 0.6 is 15.9 Å². The Hall–Kier alpha value is -1.21. The van der Waals surface area contributed by atoms with Crippen LogP contribution in [0.1, 0.15) is 23.1 Å². The summed E-state index contributed by atoms with van der Waals surface area (Å²) < 4.78 is 4.38. The van der Waals surface area contributed by atoms with Gasteiger partial charge in [-0.3, -0.25) is 4.68 Å². The number of hydrogen-bond acceptors (Lipinski definition) is 4. The number of nitrogens with one attached hydrogen (secondary N) is 1. The van der Waals surface area contributed by atoms with Crippen molar-refractivity contribution in [1.82, 2.24) is 30.1 Å². The third kappa shape index (κ3) is 2.12. The Bertz CT molecular complexity index is 509. The summed E-state index contributed by atoms with van der Waals surface area (Å²) in [7, 11) is 5.72. The fourth-order valence-electron chi connectivity index (χ4n) is 1.97. The molecule has 2 rings (SSSR count). The van der Waals surface area contributed by atoms with Crippen molar-refractivity contribution in [3.05, 3.63) is 27.8 Å². The first-order valence-electron chi connectivity index (χ1n) is 5.27. The SMILES string of the molecule is CNC(c1cc(C)nn1C)c1c(Br)nnn1C. The van der Waals surface area contributed by atoms with Crippen LogP contribution in [0.2, 0.25) is 0 Å². The van der Waals surface area contributed by atoms with Crippen LogP contribution in [0.25, 0.3) is 0 Å². The molecule has 7 heteroatoms. The molecule has 92 valence electrons. The number of aryl methyl sites for hydroxylation is 3. The number of aromatic nitrogens is 5. The Morgan fingerprint density at radius 2 is 2.06 bits per heavy atom. The van der Waals surface area contributed by atoms with E-state index in [1.54, 1.807) is 4.68 Å². The predicted molar refractivity (Wildman–Crippen MR) is 67.6 cm³/mol. The summed E-state index contributed by atoms with van der Waals surface area (Å²) in [5.41, 5.74) is 3.06. The van der Waals surface area contributed by atoms with E-state index in [1.165, 1.54) is 0 Å². The summed E-state index contributed by atoms with van der Waals surface area (Å²) in [6.45, 7) is 1.98. The van der Waals surface area contributed by atoms with Gasteiger partial charge in [0.15, 0.2) is 4.60 Å². The molecule has 0 amide bonds. The molecule has 2 aromatic heterocycles. The van der Waals surface area contributed by atoms with Gasteiger partial charge >= 0.3 is 0 Å². The highest BCUT2D eigenvalue weighted by molar-refractivity contribution is 9.10. The van der Waals surface area contributed by atoms with Crippen molar-refractivity contribution in [3.8, 4) is 0 Å². The lowest BCUT2D eigenvalue weighted by atomic mass is 10.1. The highest BCUT2D eigenvalue weighted by Crippen LogP contribution is 2.26. The van der Waals surface area contributed by atoms with E-state index < -0.39 is 0 Å². The molecule has 0 radical (unpaired) electrons. The molecular formula is C10H15BrN6. The van der Waals surface area contributed by atoms with Crippen LogP contribution < -0.4 is 5.32 Å². The molecule has 0 saturated heterocycles. The largest absolute Gasteiger partial charge is 0.307 e. The Kier molecular flexibility index (Phi) is 3.30. The molecule has 0 bridgehead atoms. The molecule has 2 aromatic rings. The van der Waals surface area contributed by atoms with Crippen molar-refractivity contribution >= 4 is 15.9 Å². The minimum atomic E-state index is 0.00979. The molecule has 0 aromatic carbocycles. The second-order valence-electron chi connectivity index (χ2n) is 3.94. The van der Waals surface area contributed by atoms with Gasteiger partial charge in [-0.2, -0.15) is 5.10 Å². The molecule has 0 aliphatic rings. The zero-order valence-corrected chi connectivity index (χ0v) is 11.9. The fourth-order valence-corrected chi connectivity index (χ4v) is 2.53. The fraction of sp³-hybridized carbons (Fsp3) is 0.500. The van der Waals surface area contributed by atoms with Gasteiger partial charge in [-0.05, 0) is 36.0 Å². The number of hydrogen-bond donors (Lipinski definition) is 1. The average molecular weight is 299 g/mol. The molecular weight excluding hydrogens is 284 g/mol. The molecule has 2 heterocycles. The van der Waals surface area contributed by atoms with Gasteiger partial charge in [-0.25, -0.2) is 4.68 Å². The van der Waals surface area contributed by atoms with Crippen LogP contribution in [-0.2, 0) is 14.1 Å². The highest BCUT2D eigenvalue weighted by Gasteiger charge is 2.23. The summed E-state index contributed by atoms with van der Waals surface area (Å²) in [5, 5.41) is 15.6. The first kappa shape index (κ1) is 12.3. The zero-order chi connectivity index (χ0) is 12.6. The standard InChI is InChI=1S/C10H15BrN6/c1-6-5-7(16(3)14-6)8(12-2)9-10(11)13-15-17(9)4/h5,8,12H,1-4H3. The van der Waals surface area contributed by atoms with Crippen molar-refractivity contribution in [2.45, 2.75) is 13.0 Å². The quantitative estimate of drug-likeness (QED) is 0.916. The van der Waals surface area contributed by atoms with Crippen LogP contribution in [0.4, 0.5) is 0 Å². The van der Waals surface area contributed by atoms with E-state index in [0.29, 0.717) is 0 Å². The maximum atomic E-state index is 4.36. The van der Waals surface area contributed by atoms with E-state index in [4.69, 9.17) is 0 Å². The summed E-state index contributed by atoms with van der Waals surface area (Å²) in [4.78, 5) is 0. The number of halogens is 1. The van der Waals surface area contributed by atoms with Gasteiger partial charge in [0.25, 0.3) is 0 Å². The maximum Gasteiger partial charge on any atom is 0.153 e. The van der Waals surface area contributed by atoms with E-state index in [2.05, 4.69) is 42.7 Å². The third-order valence-electron chi connectivity index (χ3n) is 2.72. The number of rotatable bonds is 3. The molecule has 0 aliphatic heterocycles. The highest BCUT2D eigenvalue weighted by atomic mass is 79.9. The average Bonchev–Trinajstić information content (AvgIpc) is 2.76. The molecule has 0 spiro atoms. The summed E-state index contributed by atoms with van der Waals surface area (Å²) >= 11 is 3.42. The van der Waals surface area contributed by atoms with Crippen LogP contribution in [-0.4, -0.2) is 31.8 Å². The van der Waals surface area contributed by atoms with Gasteiger partial charge < -0.3 is 5.32 Å². The number of nitrogens with zero attached hydrogens (tertiary/aromatic N) is 5. The lowest BCUT2D eigenvalue weighted by Gasteiger charge is -2.16. The zero-order valence-electron chi connectivity index (χ0n) is 10.3. The second-order valence-corrected chi connectivity index (χ2v) is 4.70. The Balaban J connectivity index is 2.51. The maximum absolute atomic E-state index is 4.36.